The molecule has 3 aromatic rings. The monoisotopic (exact) mass is 424 g/mol. The first kappa shape index (κ1) is 20.5. The zero-order chi connectivity index (χ0) is 21.9. The molecule has 8 heteroatoms. The molecule has 1 aliphatic heterocycles. The van der Waals surface area contributed by atoms with Gasteiger partial charge in [0, 0.05) is 36.3 Å². The van der Waals surface area contributed by atoms with Crippen LogP contribution in [0.3, 0.4) is 0 Å². The summed E-state index contributed by atoms with van der Waals surface area (Å²) in [4.78, 5) is 16.0. The number of rotatable bonds is 5. The lowest BCUT2D eigenvalue weighted by Crippen LogP contribution is -2.56. The molecule has 1 amide bonds. The Labute approximate surface area is 177 Å². The maximum absolute atomic E-state index is 14.3. The van der Waals surface area contributed by atoms with Gasteiger partial charge in [0.05, 0.1) is 5.69 Å². The Morgan fingerprint density at radius 2 is 1.77 bits per heavy atom. The first-order chi connectivity index (χ1) is 14.9. The summed E-state index contributed by atoms with van der Waals surface area (Å²) in [7, 11) is 0. The van der Waals surface area contributed by atoms with Gasteiger partial charge >= 0.3 is 6.18 Å². The van der Waals surface area contributed by atoms with Crippen LogP contribution in [0.2, 0.25) is 0 Å². The Hall–Kier alpha value is -3.81. The maximum atomic E-state index is 14.3. The molecule has 1 unspecified atom stereocenters. The van der Waals surface area contributed by atoms with Crippen LogP contribution in [0, 0.1) is 0 Å². The van der Waals surface area contributed by atoms with Crippen molar-refractivity contribution in [3.63, 3.8) is 0 Å². The zero-order valence-electron chi connectivity index (χ0n) is 16.3. The third-order valence-corrected chi connectivity index (χ3v) is 5.10. The predicted molar refractivity (Wildman–Crippen MR) is 111 cm³/mol. The number of carbonyl (C=O) groups excluding carboxylic acids is 1. The minimum Gasteiger partial charge on any atom is -0.348 e. The summed E-state index contributed by atoms with van der Waals surface area (Å²) in [6, 6.07) is 18.2. The van der Waals surface area contributed by atoms with E-state index in [1.54, 1.807) is 48.5 Å². The van der Waals surface area contributed by atoms with Crippen molar-refractivity contribution >= 4 is 11.6 Å². The van der Waals surface area contributed by atoms with Crippen LogP contribution in [-0.2, 0) is 12.1 Å². The summed E-state index contributed by atoms with van der Waals surface area (Å²) in [6.07, 6.45) is 0.401. The Morgan fingerprint density at radius 1 is 1.03 bits per heavy atom. The van der Waals surface area contributed by atoms with Gasteiger partial charge in [-0.1, -0.05) is 36.4 Å². The van der Waals surface area contributed by atoms with Gasteiger partial charge in [0.25, 0.3) is 5.91 Å². The summed E-state index contributed by atoms with van der Waals surface area (Å²) in [6.45, 7) is 0.257. The molecule has 31 heavy (non-hydrogen) atoms. The number of hydrogen-bond donors (Lipinski definition) is 2. The van der Waals surface area contributed by atoms with Crippen molar-refractivity contribution in [3.05, 3.63) is 108 Å². The summed E-state index contributed by atoms with van der Waals surface area (Å²) in [5.74, 6) is -0.220. The van der Waals surface area contributed by atoms with Crippen molar-refractivity contribution in [1.29, 1.82) is 0 Å². The first-order valence-corrected chi connectivity index (χ1v) is 9.55. The Balaban J connectivity index is 1.55. The van der Waals surface area contributed by atoms with Crippen LogP contribution >= 0.6 is 0 Å². The highest BCUT2D eigenvalue weighted by atomic mass is 19.4. The number of aromatic nitrogens is 1. The second-order valence-corrected chi connectivity index (χ2v) is 7.02. The van der Waals surface area contributed by atoms with Crippen molar-refractivity contribution in [2.45, 2.75) is 18.3 Å². The molecule has 1 aliphatic rings. The minimum absolute atomic E-state index is 0.00273. The van der Waals surface area contributed by atoms with E-state index >= 15 is 0 Å². The van der Waals surface area contributed by atoms with Gasteiger partial charge in [-0.2, -0.15) is 13.2 Å². The lowest BCUT2D eigenvalue weighted by molar-refractivity contribution is -0.175. The van der Waals surface area contributed by atoms with E-state index < -0.39 is 11.7 Å². The van der Waals surface area contributed by atoms with Crippen LogP contribution in [0.5, 0.6) is 0 Å². The second-order valence-electron chi connectivity index (χ2n) is 7.02. The molecule has 0 aliphatic carbocycles. The summed E-state index contributed by atoms with van der Waals surface area (Å²) < 4.78 is 42.8. The van der Waals surface area contributed by atoms with Crippen LogP contribution in [0.25, 0.3) is 0 Å². The van der Waals surface area contributed by atoms with Gasteiger partial charge in [-0.05, 0) is 42.0 Å². The van der Waals surface area contributed by atoms with Gasteiger partial charge in [0.2, 0.25) is 5.54 Å². The van der Waals surface area contributed by atoms with E-state index in [1.165, 1.54) is 30.7 Å². The van der Waals surface area contributed by atoms with E-state index in [4.69, 9.17) is 0 Å². The van der Waals surface area contributed by atoms with Gasteiger partial charge in [0.1, 0.15) is 0 Å². The van der Waals surface area contributed by atoms with Crippen molar-refractivity contribution in [2.75, 3.05) is 5.01 Å². The molecule has 2 N–H and O–H groups in total. The number of hydrogen-bond acceptors (Lipinski definition) is 4. The van der Waals surface area contributed by atoms with Gasteiger partial charge in [-0.15, -0.1) is 0 Å². The Kier molecular flexibility index (Phi) is 5.37. The fourth-order valence-electron chi connectivity index (χ4n) is 3.52. The Morgan fingerprint density at radius 3 is 2.42 bits per heavy atom. The molecule has 1 aromatic heterocycles. The molecule has 5 nitrogen and oxygen atoms in total. The smallest absolute Gasteiger partial charge is 0.348 e. The van der Waals surface area contributed by atoms with Crippen molar-refractivity contribution < 1.29 is 18.0 Å². The lowest BCUT2D eigenvalue weighted by atomic mass is 9.89. The highest BCUT2D eigenvalue weighted by molar-refractivity contribution is 5.94. The van der Waals surface area contributed by atoms with E-state index in [2.05, 4.69) is 15.7 Å². The minimum atomic E-state index is -4.60. The molecule has 1 atom stereocenters. The predicted octanol–water partition coefficient (Wildman–Crippen LogP) is 4.31. The third-order valence-electron chi connectivity index (χ3n) is 5.10. The van der Waals surface area contributed by atoms with Crippen LogP contribution in [0.1, 0.15) is 21.5 Å². The molecular formula is C23H19F3N4O. The fraction of sp³-hybridized carbons (Fsp3) is 0.130. The molecule has 0 saturated carbocycles. The lowest BCUT2D eigenvalue weighted by Gasteiger charge is -2.40. The molecule has 0 fully saturated rings. The van der Waals surface area contributed by atoms with E-state index in [9.17, 15) is 18.0 Å². The van der Waals surface area contributed by atoms with E-state index in [0.29, 0.717) is 11.3 Å². The number of hydrazine groups is 1. The summed E-state index contributed by atoms with van der Waals surface area (Å²) in [5, 5.41) is 3.87. The molecule has 0 spiro atoms. The third kappa shape index (κ3) is 3.84. The zero-order valence-corrected chi connectivity index (χ0v) is 16.3. The number of nitrogens with zero attached hydrogens (tertiary/aromatic N) is 2. The molecule has 0 bridgehead atoms. The summed E-state index contributed by atoms with van der Waals surface area (Å²) >= 11 is 0. The van der Waals surface area contributed by atoms with Crippen LogP contribution in [0.4, 0.5) is 18.9 Å². The average molecular weight is 424 g/mol. The maximum Gasteiger partial charge on any atom is 0.421 e. The number of alkyl halides is 3. The number of carbonyl (C=O) groups is 1. The summed E-state index contributed by atoms with van der Waals surface area (Å²) in [5.41, 5.74) is 1.94. The number of amides is 1. The van der Waals surface area contributed by atoms with Gasteiger partial charge in [-0.25, -0.2) is 0 Å². The topological polar surface area (TPSA) is 57.3 Å². The van der Waals surface area contributed by atoms with Gasteiger partial charge in [-0.3, -0.25) is 14.8 Å². The first-order valence-electron chi connectivity index (χ1n) is 9.55. The van der Waals surface area contributed by atoms with Crippen molar-refractivity contribution in [3.8, 4) is 0 Å². The van der Waals surface area contributed by atoms with E-state index in [-0.39, 0.29) is 18.0 Å². The van der Waals surface area contributed by atoms with Crippen molar-refractivity contribution in [2.24, 2.45) is 0 Å². The number of halogens is 3. The van der Waals surface area contributed by atoms with Crippen molar-refractivity contribution in [1.82, 2.24) is 15.7 Å². The van der Waals surface area contributed by atoms with Gasteiger partial charge in [0.15, 0.2) is 0 Å². The van der Waals surface area contributed by atoms with E-state index in [0.717, 1.165) is 16.6 Å². The number of nitrogens with one attached hydrogen (secondary N) is 2. The molecule has 158 valence electrons. The number of benzene rings is 2. The number of anilines is 1. The molecule has 0 saturated heterocycles. The number of pyridine rings is 1. The highest BCUT2D eigenvalue weighted by Gasteiger charge is 2.60. The van der Waals surface area contributed by atoms with Gasteiger partial charge < -0.3 is 10.7 Å². The normalized spacial score (nSPS) is 18.0. The SMILES string of the molecule is O=C(NCc1ccc(N2NC=CC2(c2cccnc2)C(F)(F)F)cc1)c1ccccc1. The molecule has 2 aromatic carbocycles. The molecule has 2 heterocycles. The largest absolute Gasteiger partial charge is 0.421 e. The van der Waals surface area contributed by atoms with E-state index in [1.807, 2.05) is 6.07 Å². The molecule has 4 rings (SSSR count). The molecular weight excluding hydrogens is 405 g/mol. The fourth-order valence-corrected chi connectivity index (χ4v) is 3.52. The molecule has 0 radical (unpaired) electrons. The van der Waals surface area contributed by atoms with Crippen LogP contribution in [-0.4, -0.2) is 17.1 Å². The van der Waals surface area contributed by atoms with Crippen LogP contribution < -0.4 is 15.8 Å². The highest BCUT2D eigenvalue weighted by Crippen LogP contribution is 2.47. The second kappa shape index (κ2) is 8.14. The average Bonchev–Trinajstić information content (AvgIpc) is 3.25. The Bertz CT molecular complexity index is 1070. The quantitative estimate of drug-likeness (QED) is 0.641. The van der Waals surface area contributed by atoms with Crippen LogP contribution in [0.15, 0.2) is 91.4 Å². The standard InChI is InChI=1S/C23H19F3N4O/c24-23(25,26)22(19-7-4-13-27-16-19)12-14-29-30(22)20-10-8-17(9-11-20)15-28-21(31)18-5-2-1-3-6-18/h1-14,16,29H,15H2,(H,28,31).